The highest BCUT2D eigenvalue weighted by molar-refractivity contribution is 7.92. The minimum absolute atomic E-state index is 0.139. The Balaban J connectivity index is 2.60. The van der Waals surface area contributed by atoms with E-state index < -0.39 is 27.3 Å². The van der Waals surface area contributed by atoms with Crippen LogP contribution in [0.2, 0.25) is 0 Å². The zero-order chi connectivity index (χ0) is 14.5. The van der Waals surface area contributed by atoms with E-state index in [2.05, 4.69) is 5.32 Å². The fourth-order valence-electron chi connectivity index (χ4n) is 1.52. The van der Waals surface area contributed by atoms with Crippen LogP contribution in [0.15, 0.2) is 24.3 Å². The second-order valence-corrected chi connectivity index (χ2v) is 6.56. The minimum Gasteiger partial charge on any atom is -0.330 e. The zero-order valence-electron chi connectivity index (χ0n) is 10.6. The number of hydrogen-bond donors (Lipinski definition) is 2. The summed E-state index contributed by atoms with van der Waals surface area (Å²) in [5, 5.41) is 2.34. The lowest BCUT2D eigenvalue weighted by Gasteiger charge is -2.09. The van der Waals surface area contributed by atoms with Crippen molar-refractivity contribution in [3.8, 4) is 0 Å². The van der Waals surface area contributed by atoms with Gasteiger partial charge in [-0.05, 0) is 30.7 Å². The van der Waals surface area contributed by atoms with Crippen LogP contribution in [0.25, 0.3) is 0 Å². The SMILES string of the molecule is CC(CN)CS(=O)(=O)CC(=O)Nc1cccc(F)c1. The number of anilines is 1. The molecule has 0 radical (unpaired) electrons. The molecular weight excluding hydrogens is 271 g/mol. The molecule has 1 rings (SSSR count). The van der Waals surface area contributed by atoms with Gasteiger partial charge in [0.1, 0.15) is 11.6 Å². The van der Waals surface area contributed by atoms with Crippen LogP contribution in [0.1, 0.15) is 6.92 Å². The molecule has 1 unspecified atom stereocenters. The van der Waals surface area contributed by atoms with Gasteiger partial charge in [0.2, 0.25) is 5.91 Å². The quantitative estimate of drug-likeness (QED) is 0.809. The summed E-state index contributed by atoms with van der Waals surface area (Å²) in [5.74, 6) is -2.16. The third-order valence-corrected chi connectivity index (χ3v) is 4.18. The lowest BCUT2D eigenvalue weighted by molar-refractivity contribution is -0.113. The molecule has 5 nitrogen and oxygen atoms in total. The van der Waals surface area contributed by atoms with E-state index in [-0.39, 0.29) is 23.9 Å². The maximum atomic E-state index is 12.9. The van der Waals surface area contributed by atoms with E-state index in [1.54, 1.807) is 6.92 Å². The topological polar surface area (TPSA) is 89.3 Å². The van der Waals surface area contributed by atoms with Gasteiger partial charge in [0.15, 0.2) is 9.84 Å². The largest absolute Gasteiger partial charge is 0.330 e. The summed E-state index contributed by atoms with van der Waals surface area (Å²) in [6.07, 6.45) is 0. The summed E-state index contributed by atoms with van der Waals surface area (Å²) >= 11 is 0. The fraction of sp³-hybridized carbons (Fsp3) is 0.417. The lowest BCUT2D eigenvalue weighted by Crippen LogP contribution is -2.29. The van der Waals surface area contributed by atoms with Gasteiger partial charge in [-0.25, -0.2) is 12.8 Å². The van der Waals surface area contributed by atoms with Crippen LogP contribution in [0.3, 0.4) is 0 Å². The molecule has 7 heteroatoms. The van der Waals surface area contributed by atoms with Crippen molar-refractivity contribution in [3.63, 3.8) is 0 Å². The molecule has 1 atom stereocenters. The first-order chi connectivity index (χ1) is 8.82. The molecule has 1 aromatic rings. The Kier molecular flexibility index (Phi) is 5.44. The molecule has 0 aliphatic heterocycles. The maximum Gasteiger partial charge on any atom is 0.239 e. The highest BCUT2D eigenvalue weighted by Crippen LogP contribution is 2.09. The summed E-state index contributed by atoms with van der Waals surface area (Å²) in [6, 6.07) is 5.26. The first-order valence-electron chi connectivity index (χ1n) is 5.78. The molecule has 106 valence electrons. The number of rotatable bonds is 6. The van der Waals surface area contributed by atoms with Gasteiger partial charge in [0.25, 0.3) is 0 Å². The maximum absolute atomic E-state index is 12.9. The Labute approximate surface area is 111 Å². The number of carbonyl (C=O) groups excluding carboxylic acids is 1. The number of carbonyl (C=O) groups is 1. The van der Waals surface area contributed by atoms with E-state index in [9.17, 15) is 17.6 Å². The van der Waals surface area contributed by atoms with Crippen LogP contribution in [0.4, 0.5) is 10.1 Å². The molecule has 0 aliphatic rings. The van der Waals surface area contributed by atoms with Gasteiger partial charge in [0.05, 0.1) is 5.75 Å². The van der Waals surface area contributed by atoms with Crippen LogP contribution >= 0.6 is 0 Å². The molecule has 0 bridgehead atoms. The monoisotopic (exact) mass is 288 g/mol. The van der Waals surface area contributed by atoms with Crippen molar-refractivity contribution in [3.05, 3.63) is 30.1 Å². The molecular formula is C12H17FN2O3S. The summed E-state index contributed by atoms with van der Waals surface area (Å²) in [6.45, 7) is 1.94. The van der Waals surface area contributed by atoms with Crippen LogP contribution < -0.4 is 11.1 Å². The second kappa shape index (κ2) is 6.63. The van der Waals surface area contributed by atoms with Gasteiger partial charge in [0, 0.05) is 5.69 Å². The van der Waals surface area contributed by atoms with Gasteiger partial charge >= 0.3 is 0 Å². The highest BCUT2D eigenvalue weighted by Gasteiger charge is 2.19. The first-order valence-corrected chi connectivity index (χ1v) is 7.60. The van der Waals surface area contributed by atoms with Gasteiger partial charge in [-0.3, -0.25) is 4.79 Å². The van der Waals surface area contributed by atoms with Crippen molar-refractivity contribution < 1.29 is 17.6 Å². The van der Waals surface area contributed by atoms with E-state index in [1.165, 1.54) is 18.2 Å². The second-order valence-electron chi connectivity index (χ2n) is 4.45. The van der Waals surface area contributed by atoms with Crippen LogP contribution in [0.5, 0.6) is 0 Å². The van der Waals surface area contributed by atoms with Gasteiger partial charge in [-0.1, -0.05) is 13.0 Å². The van der Waals surface area contributed by atoms with E-state index in [1.807, 2.05) is 0 Å². The number of hydrogen-bond acceptors (Lipinski definition) is 4. The lowest BCUT2D eigenvalue weighted by atomic mass is 10.2. The molecule has 0 aliphatic carbocycles. The first kappa shape index (κ1) is 15.6. The summed E-state index contributed by atoms with van der Waals surface area (Å²) < 4.78 is 36.2. The number of amides is 1. The third-order valence-electron chi connectivity index (χ3n) is 2.40. The molecule has 0 saturated heterocycles. The zero-order valence-corrected chi connectivity index (χ0v) is 11.4. The normalized spacial score (nSPS) is 13.0. The molecule has 0 fully saturated rings. The predicted octanol–water partition coefficient (Wildman–Crippen LogP) is 0.774. The summed E-state index contributed by atoms with van der Waals surface area (Å²) in [4.78, 5) is 11.6. The van der Waals surface area contributed by atoms with E-state index in [0.29, 0.717) is 0 Å². The van der Waals surface area contributed by atoms with E-state index in [0.717, 1.165) is 6.07 Å². The van der Waals surface area contributed by atoms with Crippen molar-refractivity contribution in [2.24, 2.45) is 11.7 Å². The molecule has 0 aromatic heterocycles. The van der Waals surface area contributed by atoms with Crippen molar-refractivity contribution in [2.45, 2.75) is 6.92 Å². The Morgan fingerprint density at radius 1 is 1.47 bits per heavy atom. The number of halogens is 1. The number of nitrogens with one attached hydrogen (secondary N) is 1. The Hall–Kier alpha value is -1.47. The summed E-state index contributed by atoms with van der Waals surface area (Å²) in [7, 11) is -3.51. The van der Waals surface area contributed by atoms with E-state index >= 15 is 0 Å². The standard InChI is InChI=1S/C12H17FN2O3S/c1-9(6-14)7-19(17,18)8-12(16)15-11-4-2-3-10(13)5-11/h2-5,9H,6-8,14H2,1H3,(H,15,16). The van der Waals surface area contributed by atoms with Gasteiger partial charge in [-0.2, -0.15) is 0 Å². The van der Waals surface area contributed by atoms with Gasteiger partial charge in [-0.15, -0.1) is 0 Å². The Morgan fingerprint density at radius 2 is 2.16 bits per heavy atom. The Bertz CT molecular complexity index is 546. The van der Waals surface area contributed by atoms with E-state index in [4.69, 9.17) is 5.73 Å². The van der Waals surface area contributed by atoms with Gasteiger partial charge < -0.3 is 11.1 Å². The molecule has 1 aromatic carbocycles. The Morgan fingerprint density at radius 3 is 2.74 bits per heavy atom. The van der Waals surface area contributed by atoms with Crippen LogP contribution in [-0.4, -0.2) is 32.4 Å². The number of sulfone groups is 1. The highest BCUT2D eigenvalue weighted by atomic mass is 32.2. The average Bonchev–Trinajstić information content (AvgIpc) is 2.26. The van der Waals surface area contributed by atoms with Crippen molar-refractivity contribution in [1.29, 1.82) is 0 Å². The molecule has 3 N–H and O–H groups in total. The van der Waals surface area contributed by atoms with Crippen LogP contribution in [0, 0.1) is 11.7 Å². The third kappa shape index (κ3) is 5.80. The molecule has 0 spiro atoms. The fourth-order valence-corrected chi connectivity index (χ4v) is 3.12. The van der Waals surface area contributed by atoms with Crippen molar-refractivity contribution >= 4 is 21.4 Å². The molecule has 0 heterocycles. The van der Waals surface area contributed by atoms with Crippen LogP contribution in [-0.2, 0) is 14.6 Å². The average molecular weight is 288 g/mol. The number of nitrogens with two attached hydrogens (primary N) is 1. The number of benzene rings is 1. The molecule has 0 saturated carbocycles. The molecule has 19 heavy (non-hydrogen) atoms. The van der Waals surface area contributed by atoms with Crippen molar-refractivity contribution in [1.82, 2.24) is 0 Å². The molecule has 1 amide bonds. The smallest absolute Gasteiger partial charge is 0.239 e. The summed E-state index contributed by atoms with van der Waals surface area (Å²) in [5.41, 5.74) is 5.57. The van der Waals surface area contributed by atoms with Crippen molar-refractivity contribution in [2.75, 3.05) is 23.4 Å². The predicted molar refractivity (Wildman–Crippen MR) is 71.9 cm³/mol. The minimum atomic E-state index is -3.51.